The standard InChI is InChI=1S/C15H14FN/c1-10-5-4-6-11-9-17-15(14(10)11)12-7-2-3-8-13(12)16/h2-8,15,17H,9H2,1H3. The molecule has 0 radical (unpaired) electrons. The van der Waals surface area contributed by atoms with Crippen molar-refractivity contribution in [2.75, 3.05) is 0 Å². The molecule has 0 spiro atoms. The number of hydrogen-bond donors (Lipinski definition) is 1. The molecule has 1 nitrogen and oxygen atoms in total. The van der Waals surface area contributed by atoms with E-state index in [-0.39, 0.29) is 11.9 Å². The predicted molar refractivity (Wildman–Crippen MR) is 66.3 cm³/mol. The Bertz CT molecular complexity index is 563. The molecule has 2 heteroatoms. The minimum Gasteiger partial charge on any atom is -0.302 e. The average Bonchev–Trinajstić information content (AvgIpc) is 2.75. The molecule has 2 aromatic rings. The van der Waals surface area contributed by atoms with Crippen molar-refractivity contribution in [2.24, 2.45) is 0 Å². The molecule has 1 unspecified atom stereocenters. The number of hydrogen-bond acceptors (Lipinski definition) is 1. The second-order valence-electron chi connectivity index (χ2n) is 4.48. The molecule has 2 aromatic carbocycles. The number of fused-ring (bicyclic) bond motifs is 1. The van der Waals surface area contributed by atoms with E-state index in [2.05, 4.69) is 30.4 Å². The number of halogens is 1. The van der Waals surface area contributed by atoms with Crippen molar-refractivity contribution < 1.29 is 4.39 Å². The molecule has 1 aliphatic rings. The Balaban J connectivity index is 2.13. The van der Waals surface area contributed by atoms with E-state index in [0.717, 1.165) is 12.1 Å². The smallest absolute Gasteiger partial charge is 0.128 e. The van der Waals surface area contributed by atoms with E-state index in [1.807, 2.05) is 12.1 Å². The monoisotopic (exact) mass is 227 g/mol. The Morgan fingerprint density at radius 3 is 2.76 bits per heavy atom. The number of aryl methyl sites for hydroxylation is 1. The van der Waals surface area contributed by atoms with Gasteiger partial charge in [0.15, 0.2) is 0 Å². The first kappa shape index (κ1) is 10.5. The lowest BCUT2D eigenvalue weighted by Crippen LogP contribution is -2.15. The molecule has 3 rings (SSSR count). The van der Waals surface area contributed by atoms with E-state index < -0.39 is 0 Å². The fourth-order valence-corrected chi connectivity index (χ4v) is 2.60. The van der Waals surface area contributed by atoms with Crippen LogP contribution in [0.1, 0.15) is 28.3 Å². The van der Waals surface area contributed by atoms with Crippen molar-refractivity contribution in [1.29, 1.82) is 0 Å². The van der Waals surface area contributed by atoms with Crippen molar-refractivity contribution in [1.82, 2.24) is 5.32 Å². The second-order valence-corrected chi connectivity index (χ2v) is 4.48. The SMILES string of the molecule is Cc1cccc2c1C(c1ccccc1F)NC2. The third kappa shape index (κ3) is 1.65. The summed E-state index contributed by atoms with van der Waals surface area (Å²) in [5.41, 5.74) is 4.47. The molecule has 1 N–H and O–H groups in total. The Hall–Kier alpha value is -1.67. The van der Waals surface area contributed by atoms with Crippen LogP contribution < -0.4 is 5.32 Å². The third-order valence-electron chi connectivity index (χ3n) is 3.42. The first-order valence-corrected chi connectivity index (χ1v) is 5.83. The van der Waals surface area contributed by atoms with Crippen LogP contribution in [0.5, 0.6) is 0 Å². The number of benzene rings is 2. The van der Waals surface area contributed by atoms with Crippen LogP contribution in [-0.2, 0) is 6.54 Å². The van der Waals surface area contributed by atoms with Gasteiger partial charge < -0.3 is 5.32 Å². The Kier molecular flexibility index (Phi) is 2.45. The predicted octanol–water partition coefficient (Wildman–Crippen LogP) is 3.33. The topological polar surface area (TPSA) is 12.0 Å². The molecule has 0 amide bonds. The largest absolute Gasteiger partial charge is 0.302 e. The zero-order valence-corrected chi connectivity index (χ0v) is 9.70. The molecule has 1 aliphatic heterocycles. The maximum Gasteiger partial charge on any atom is 0.128 e. The van der Waals surface area contributed by atoms with Gasteiger partial charge in [0.2, 0.25) is 0 Å². The van der Waals surface area contributed by atoms with Crippen molar-refractivity contribution in [3.8, 4) is 0 Å². The van der Waals surface area contributed by atoms with E-state index in [4.69, 9.17) is 0 Å². The maximum absolute atomic E-state index is 13.8. The van der Waals surface area contributed by atoms with Crippen LogP contribution in [0.15, 0.2) is 42.5 Å². The van der Waals surface area contributed by atoms with E-state index in [9.17, 15) is 4.39 Å². The molecule has 0 saturated heterocycles. The van der Waals surface area contributed by atoms with E-state index in [1.54, 1.807) is 6.07 Å². The van der Waals surface area contributed by atoms with Crippen LogP contribution in [0, 0.1) is 12.7 Å². The zero-order valence-electron chi connectivity index (χ0n) is 9.70. The molecule has 0 bridgehead atoms. The van der Waals surface area contributed by atoms with Gasteiger partial charge in [-0.15, -0.1) is 0 Å². The van der Waals surface area contributed by atoms with E-state index in [0.29, 0.717) is 0 Å². The lowest BCUT2D eigenvalue weighted by molar-refractivity contribution is 0.572. The van der Waals surface area contributed by atoms with Crippen LogP contribution in [0.4, 0.5) is 4.39 Å². The van der Waals surface area contributed by atoms with E-state index >= 15 is 0 Å². The van der Waals surface area contributed by atoms with Gasteiger partial charge >= 0.3 is 0 Å². The highest BCUT2D eigenvalue weighted by atomic mass is 19.1. The quantitative estimate of drug-likeness (QED) is 0.788. The molecule has 0 fully saturated rings. The van der Waals surface area contributed by atoms with Gasteiger partial charge in [-0.05, 0) is 29.7 Å². The minimum absolute atomic E-state index is 0.00704. The summed E-state index contributed by atoms with van der Waals surface area (Å²) in [4.78, 5) is 0. The fourth-order valence-electron chi connectivity index (χ4n) is 2.60. The number of nitrogens with one attached hydrogen (secondary N) is 1. The Labute approximate surface area is 100 Å². The second kappa shape index (κ2) is 3.97. The van der Waals surface area contributed by atoms with Gasteiger partial charge in [-0.2, -0.15) is 0 Å². The van der Waals surface area contributed by atoms with Gasteiger partial charge in [0.1, 0.15) is 5.82 Å². The summed E-state index contributed by atoms with van der Waals surface area (Å²) in [6.45, 7) is 2.90. The van der Waals surface area contributed by atoms with Crippen LogP contribution in [0.3, 0.4) is 0 Å². The van der Waals surface area contributed by atoms with Crippen LogP contribution >= 0.6 is 0 Å². The van der Waals surface area contributed by atoms with Crippen molar-refractivity contribution in [3.63, 3.8) is 0 Å². The summed E-state index contributed by atoms with van der Waals surface area (Å²) < 4.78 is 13.8. The Morgan fingerprint density at radius 1 is 1.12 bits per heavy atom. The molecular formula is C15H14FN. The third-order valence-corrected chi connectivity index (χ3v) is 3.42. The van der Waals surface area contributed by atoms with Crippen molar-refractivity contribution >= 4 is 0 Å². The molecule has 0 aromatic heterocycles. The summed E-state index contributed by atoms with van der Waals surface area (Å²) in [5, 5.41) is 3.38. The van der Waals surface area contributed by atoms with Crippen LogP contribution in [0.2, 0.25) is 0 Å². The summed E-state index contributed by atoms with van der Waals surface area (Å²) >= 11 is 0. The van der Waals surface area contributed by atoms with Gasteiger partial charge in [0, 0.05) is 12.1 Å². The van der Waals surface area contributed by atoms with Crippen molar-refractivity contribution in [2.45, 2.75) is 19.5 Å². The normalized spacial score (nSPS) is 18.1. The van der Waals surface area contributed by atoms with E-state index in [1.165, 1.54) is 22.8 Å². The Morgan fingerprint density at radius 2 is 1.94 bits per heavy atom. The molecule has 1 atom stereocenters. The lowest BCUT2D eigenvalue weighted by atomic mass is 9.94. The molecule has 86 valence electrons. The molecule has 17 heavy (non-hydrogen) atoms. The van der Waals surface area contributed by atoms with Crippen molar-refractivity contribution in [3.05, 3.63) is 70.5 Å². The summed E-state index contributed by atoms with van der Waals surface area (Å²) in [6, 6.07) is 13.2. The maximum atomic E-state index is 13.8. The lowest BCUT2D eigenvalue weighted by Gasteiger charge is -2.15. The fraction of sp³-hybridized carbons (Fsp3) is 0.200. The highest BCUT2D eigenvalue weighted by molar-refractivity contribution is 5.45. The molecule has 0 saturated carbocycles. The van der Waals surface area contributed by atoms with Gasteiger partial charge in [-0.3, -0.25) is 0 Å². The first-order chi connectivity index (χ1) is 8.27. The van der Waals surface area contributed by atoms with Gasteiger partial charge in [0.05, 0.1) is 6.04 Å². The molecular weight excluding hydrogens is 213 g/mol. The highest BCUT2D eigenvalue weighted by Gasteiger charge is 2.26. The van der Waals surface area contributed by atoms with Gasteiger partial charge in [-0.25, -0.2) is 4.39 Å². The molecule has 0 aliphatic carbocycles. The van der Waals surface area contributed by atoms with Gasteiger partial charge in [-0.1, -0.05) is 36.4 Å². The van der Waals surface area contributed by atoms with Crippen LogP contribution in [0.25, 0.3) is 0 Å². The highest BCUT2D eigenvalue weighted by Crippen LogP contribution is 2.34. The zero-order chi connectivity index (χ0) is 11.8. The minimum atomic E-state index is -0.138. The molecule has 1 heterocycles. The van der Waals surface area contributed by atoms with Gasteiger partial charge in [0.25, 0.3) is 0 Å². The summed E-state index contributed by atoms with van der Waals surface area (Å²) in [7, 11) is 0. The van der Waals surface area contributed by atoms with Crippen LogP contribution in [-0.4, -0.2) is 0 Å². The summed E-state index contributed by atoms with van der Waals surface area (Å²) in [6.07, 6.45) is 0. The summed E-state index contributed by atoms with van der Waals surface area (Å²) in [5.74, 6) is -0.138. The average molecular weight is 227 g/mol. The first-order valence-electron chi connectivity index (χ1n) is 5.83. The number of rotatable bonds is 1.